The van der Waals surface area contributed by atoms with Crippen LogP contribution in [0.25, 0.3) is 0 Å². The van der Waals surface area contributed by atoms with E-state index in [1.807, 2.05) is 6.92 Å². The quantitative estimate of drug-likeness (QED) is 0.746. The van der Waals surface area contributed by atoms with Crippen molar-refractivity contribution < 1.29 is 9.50 Å². The molecule has 0 aromatic heterocycles. The van der Waals surface area contributed by atoms with Crippen LogP contribution < -0.4 is 5.32 Å². The zero-order valence-corrected chi connectivity index (χ0v) is 8.33. The highest BCUT2D eigenvalue weighted by molar-refractivity contribution is 5.16. The molecule has 0 amide bonds. The van der Waals surface area contributed by atoms with Crippen molar-refractivity contribution in [2.45, 2.75) is 19.4 Å². The first-order valence-corrected chi connectivity index (χ1v) is 4.81. The molecule has 1 aromatic rings. The Morgan fingerprint density at radius 1 is 1.36 bits per heavy atom. The molecule has 0 aliphatic rings. The number of nitrogens with one attached hydrogen (secondary N) is 1. The van der Waals surface area contributed by atoms with Crippen LogP contribution in [0, 0.1) is 5.82 Å². The molecule has 0 spiro atoms. The first-order chi connectivity index (χ1) is 6.72. The maximum absolute atomic E-state index is 12.6. The molecule has 1 unspecified atom stereocenters. The summed E-state index contributed by atoms with van der Waals surface area (Å²) in [4.78, 5) is 0. The maximum Gasteiger partial charge on any atom is 0.123 e. The SMILES string of the molecule is CC(Cc1ccc(F)cc1)NCCO. The van der Waals surface area contributed by atoms with Gasteiger partial charge in [0.15, 0.2) is 0 Å². The molecule has 2 nitrogen and oxygen atoms in total. The van der Waals surface area contributed by atoms with Gasteiger partial charge in [0, 0.05) is 12.6 Å². The summed E-state index contributed by atoms with van der Waals surface area (Å²) in [6.07, 6.45) is 0.847. The topological polar surface area (TPSA) is 32.3 Å². The van der Waals surface area contributed by atoms with Gasteiger partial charge >= 0.3 is 0 Å². The van der Waals surface area contributed by atoms with E-state index >= 15 is 0 Å². The zero-order chi connectivity index (χ0) is 10.4. The number of hydrogen-bond acceptors (Lipinski definition) is 2. The summed E-state index contributed by atoms with van der Waals surface area (Å²) in [7, 11) is 0. The molecular formula is C11H16FNO. The van der Waals surface area contributed by atoms with Crippen LogP contribution >= 0.6 is 0 Å². The molecule has 3 heteroatoms. The summed E-state index contributed by atoms with van der Waals surface area (Å²) in [5, 5.41) is 11.8. The highest BCUT2D eigenvalue weighted by Gasteiger charge is 2.01. The molecule has 78 valence electrons. The van der Waals surface area contributed by atoms with E-state index in [0.29, 0.717) is 12.6 Å². The molecule has 0 saturated heterocycles. The summed E-state index contributed by atoms with van der Waals surface area (Å²) < 4.78 is 12.6. The summed E-state index contributed by atoms with van der Waals surface area (Å²) in [6, 6.07) is 6.80. The molecule has 1 atom stereocenters. The second-order valence-electron chi connectivity index (χ2n) is 3.41. The van der Waals surface area contributed by atoms with Gasteiger partial charge in [-0.3, -0.25) is 0 Å². The summed E-state index contributed by atoms with van der Waals surface area (Å²) in [5.74, 6) is -0.204. The van der Waals surface area contributed by atoms with Crippen molar-refractivity contribution in [3.63, 3.8) is 0 Å². The molecule has 0 fully saturated rings. The smallest absolute Gasteiger partial charge is 0.123 e. The molecule has 0 aliphatic carbocycles. The summed E-state index contributed by atoms with van der Waals surface area (Å²) in [6.45, 7) is 2.79. The average molecular weight is 197 g/mol. The van der Waals surface area contributed by atoms with Crippen LogP contribution in [0.2, 0.25) is 0 Å². The first kappa shape index (κ1) is 11.1. The van der Waals surface area contributed by atoms with E-state index in [4.69, 9.17) is 5.11 Å². The fourth-order valence-corrected chi connectivity index (χ4v) is 1.36. The molecule has 0 heterocycles. The third kappa shape index (κ3) is 3.85. The standard InChI is InChI=1S/C11H16FNO/c1-9(13-6-7-14)8-10-2-4-11(12)5-3-10/h2-5,9,13-14H,6-8H2,1H3. The van der Waals surface area contributed by atoms with E-state index in [2.05, 4.69) is 5.32 Å². The Balaban J connectivity index is 2.39. The largest absolute Gasteiger partial charge is 0.395 e. The second-order valence-corrected chi connectivity index (χ2v) is 3.41. The highest BCUT2D eigenvalue weighted by atomic mass is 19.1. The van der Waals surface area contributed by atoms with Crippen molar-refractivity contribution in [1.82, 2.24) is 5.32 Å². The van der Waals surface area contributed by atoms with Crippen molar-refractivity contribution in [3.8, 4) is 0 Å². The fourth-order valence-electron chi connectivity index (χ4n) is 1.36. The summed E-state index contributed by atoms with van der Waals surface area (Å²) in [5.41, 5.74) is 1.10. The number of halogens is 1. The average Bonchev–Trinajstić information content (AvgIpc) is 2.18. The van der Waals surface area contributed by atoms with Crippen molar-refractivity contribution in [1.29, 1.82) is 0 Å². The van der Waals surface area contributed by atoms with Crippen LogP contribution in [0.5, 0.6) is 0 Å². The van der Waals surface area contributed by atoms with E-state index in [0.717, 1.165) is 12.0 Å². The van der Waals surface area contributed by atoms with Crippen molar-refractivity contribution in [2.75, 3.05) is 13.2 Å². The number of aliphatic hydroxyl groups excluding tert-OH is 1. The van der Waals surface area contributed by atoms with Crippen LogP contribution in [0.1, 0.15) is 12.5 Å². The lowest BCUT2D eigenvalue weighted by Gasteiger charge is -2.12. The number of aliphatic hydroxyl groups is 1. The van der Waals surface area contributed by atoms with Crippen molar-refractivity contribution >= 4 is 0 Å². The molecular weight excluding hydrogens is 181 g/mol. The zero-order valence-electron chi connectivity index (χ0n) is 8.33. The van der Waals surface area contributed by atoms with Gasteiger partial charge in [-0.2, -0.15) is 0 Å². The Labute approximate surface area is 83.8 Å². The molecule has 1 aromatic carbocycles. The molecule has 14 heavy (non-hydrogen) atoms. The van der Waals surface area contributed by atoms with Gasteiger partial charge in [0.1, 0.15) is 5.82 Å². The lowest BCUT2D eigenvalue weighted by atomic mass is 10.1. The highest BCUT2D eigenvalue weighted by Crippen LogP contribution is 2.05. The van der Waals surface area contributed by atoms with Crippen LogP contribution in [0.3, 0.4) is 0 Å². The number of hydrogen-bond donors (Lipinski definition) is 2. The third-order valence-corrected chi connectivity index (χ3v) is 2.06. The van der Waals surface area contributed by atoms with Gasteiger partial charge in [0.25, 0.3) is 0 Å². The van der Waals surface area contributed by atoms with Crippen LogP contribution in [-0.4, -0.2) is 24.3 Å². The molecule has 0 saturated carbocycles. The molecule has 0 bridgehead atoms. The van der Waals surface area contributed by atoms with Gasteiger partial charge in [-0.15, -0.1) is 0 Å². The van der Waals surface area contributed by atoms with Crippen LogP contribution in [0.4, 0.5) is 4.39 Å². The maximum atomic E-state index is 12.6. The molecule has 0 radical (unpaired) electrons. The van der Waals surface area contributed by atoms with Gasteiger partial charge in [0.2, 0.25) is 0 Å². The minimum absolute atomic E-state index is 0.147. The molecule has 1 rings (SSSR count). The Morgan fingerprint density at radius 2 is 2.00 bits per heavy atom. The Bertz CT molecular complexity index is 260. The van der Waals surface area contributed by atoms with E-state index in [9.17, 15) is 4.39 Å². The predicted molar refractivity (Wildman–Crippen MR) is 54.7 cm³/mol. The Hall–Kier alpha value is -0.930. The first-order valence-electron chi connectivity index (χ1n) is 4.81. The minimum Gasteiger partial charge on any atom is -0.395 e. The predicted octanol–water partition coefficient (Wildman–Crippen LogP) is 1.34. The van der Waals surface area contributed by atoms with Crippen LogP contribution in [-0.2, 0) is 6.42 Å². The lowest BCUT2D eigenvalue weighted by Crippen LogP contribution is -2.30. The van der Waals surface area contributed by atoms with Gasteiger partial charge in [-0.1, -0.05) is 12.1 Å². The van der Waals surface area contributed by atoms with E-state index in [1.165, 1.54) is 12.1 Å². The van der Waals surface area contributed by atoms with Gasteiger partial charge in [-0.25, -0.2) is 4.39 Å². The van der Waals surface area contributed by atoms with E-state index < -0.39 is 0 Å². The molecule has 2 N–H and O–H groups in total. The Kier molecular flexibility index (Phi) is 4.56. The van der Waals surface area contributed by atoms with Crippen molar-refractivity contribution in [3.05, 3.63) is 35.6 Å². The third-order valence-electron chi connectivity index (χ3n) is 2.06. The monoisotopic (exact) mass is 197 g/mol. The number of benzene rings is 1. The number of rotatable bonds is 5. The van der Waals surface area contributed by atoms with Gasteiger partial charge in [0.05, 0.1) is 6.61 Å². The molecule has 0 aliphatic heterocycles. The van der Waals surface area contributed by atoms with E-state index in [-0.39, 0.29) is 12.4 Å². The Morgan fingerprint density at radius 3 is 2.57 bits per heavy atom. The van der Waals surface area contributed by atoms with Gasteiger partial charge in [-0.05, 0) is 31.0 Å². The lowest BCUT2D eigenvalue weighted by molar-refractivity contribution is 0.285. The van der Waals surface area contributed by atoms with Crippen molar-refractivity contribution in [2.24, 2.45) is 0 Å². The van der Waals surface area contributed by atoms with Gasteiger partial charge < -0.3 is 10.4 Å². The van der Waals surface area contributed by atoms with E-state index in [1.54, 1.807) is 12.1 Å². The van der Waals surface area contributed by atoms with Crippen LogP contribution in [0.15, 0.2) is 24.3 Å². The minimum atomic E-state index is -0.204. The second kappa shape index (κ2) is 5.73. The summed E-state index contributed by atoms with van der Waals surface area (Å²) >= 11 is 0. The fraction of sp³-hybridized carbons (Fsp3) is 0.455. The normalized spacial score (nSPS) is 12.8.